The van der Waals surface area contributed by atoms with E-state index in [2.05, 4.69) is 20.3 Å². The fourth-order valence-corrected chi connectivity index (χ4v) is 1.88. The highest BCUT2D eigenvalue weighted by molar-refractivity contribution is 5.75. The second-order valence-corrected chi connectivity index (χ2v) is 4.75. The Morgan fingerprint density at radius 1 is 1.45 bits per heavy atom. The molecule has 0 fully saturated rings. The molecule has 2 rings (SSSR count). The summed E-state index contributed by atoms with van der Waals surface area (Å²) in [6.45, 7) is 2.85. The van der Waals surface area contributed by atoms with E-state index in [0.29, 0.717) is 24.2 Å². The maximum atomic E-state index is 12.0. The lowest BCUT2D eigenvalue weighted by atomic mass is 10.2. The van der Waals surface area contributed by atoms with Gasteiger partial charge in [-0.2, -0.15) is 0 Å². The average Bonchev–Trinajstić information content (AvgIpc) is 2.86. The third-order valence-electron chi connectivity index (χ3n) is 2.87. The van der Waals surface area contributed by atoms with Crippen molar-refractivity contribution in [3.05, 3.63) is 23.8 Å². The number of carbonyl (C=O) groups excluding carboxylic acids is 1. The summed E-state index contributed by atoms with van der Waals surface area (Å²) in [6, 6.07) is 5.40. The zero-order valence-electron chi connectivity index (χ0n) is 11.8. The fraction of sp³-hybridized carbons (Fsp3) is 0.462. The van der Waals surface area contributed by atoms with Crippen molar-refractivity contribution in [2.24, 2.45) is 0 Å². The summed E-state index contributed by atoms with van der Waals surface area (Å²) in [5.74, 6) is 0. The average molecular weight is 278 g/mol. The lowest BCUT2D eigenvalue weighted by Crippen LogP contribution is -2.43. The number of rotatable bonds is 5. The second-order valence-electron chi connectivity index (χ2n) is 4.75. The minimum atomic E-state index is -0.145. The van der Waals surface area contributed by atoms with Crippen LogP contribution in [0.25, 0.3) is 11.0 Å². The van der Waals surface area contributed by atoms with Gasteiger partial charge in [-0.15, -0.1) is 0 Å². The van der Waals surface area contributed by atoms with E-state index < -0.39 is 0 Å². The Labute approximate surface area is 116 Å². The quantitative estimate of drug-likeness (QED) is 0.894. The van der Waals surface area contributed by atoms with E-state index in [1.54, 1.807) is 19.1 Å². The van der Waals surface area contributed by atoms with Crippen LogP contribution in [0.5, 0.6) is 0 Å². The first-order valence-corrected chi connectivity index (χ1v) is 6.32. The second kappa shape index (κ2) is 6.33. The molecule has 0 radical (unpaired) electrons. The molecule has 108 valence electrons. The fourth-order valence-electron chi connectivity index (χ4n) is 1.88. The molecule has 0 aliphatic rings. The molecule has 0 saturated heterocycles. The molecule has 2 aromatic rings. The summed E-state index contributed by atoms with van der Waals surface area (Å²) in [6.07, 6.45) is 0. The monoisotopic (exact) mass is 278 g/mol. The minimum absolute atomic E-state index is 0.0304. The van der Waals surface area contributed by atoms with Crippen molar-refractivity contribution in [2.45, 2.75) is 19.5 Å². The molecule has 0 spiro atoms. The van der Waals surface area contributed by atoms with E-state index in [1.165, 1.54) is 0 Å². The van der Waals surface area contributed by atoms with Gasteiger partial charge in [0.25, 0.3) is 0 Å². The number of amides is 2. The molecule has 1 atom stereocenters. The van der Waals surface area contributed by atoms with E-state index in [0.717, 1.165) is 5.56 Å². The molecule has 1 aromatic carbocycles. The van der Waals surface area contributed by atoms with Gasteiger partial charge in [0.1, 0.15) is 11.0 Å². The highest BCUT2D eigenvalue weighted by atomic mass is 16.6. The predicted octanol–water partition coefficient (Wildman–Crippen LogP) is 1.40. The highest BCUT2D eigenvalue weighted by Gasteiger charge is 2.12. The van der Waals surface area contributed by atoms with Gasteiger partial charge in [-0.3, -0.25) is 0 Å². The van der Waals surface area contributed by atoms with Gasteiger partial charge in [0, 0.05) is 20.7 Å². The maximum absolute atomic E-state index is 12.0. The van der Waals surface area contributed by atoms with Gasteiger partial charge in [-0.25, -0.2) is 9.42 Å². The van der Waals surface area contributed by atoms with Crippen LogP contribution < -0.4 is 5.32 Å². The summed E-state index contributed by atoms with van der Waals surface area (Å²) in [5.41, 5.74) is 2.35. The molecule has 0 aliphatic carbocycles. The number of ether oxygens (including phenoxy) is 1. The van der Waals surface area contributed by atoms with Crippen LogP contribution in [0.2, 0.25) is 0 Å². The van der Waals surface area contributed by atoms with E-state index in [1.807, 2.05) is 25.1 Å². The summed E-state index contributed by atoms with van der Waals surface area (Å²) in [5, 5.41) is 10.4. The summed E-state index contributed by atoms with van der Waals surface area (Å²) < 4.78 is 9.63. The predicted molar refractivity (Wildman–Crippen MR) is 73.1 cm³/mol. The molecular weight excluding hydrogens is 260 g/mol. The SMILES string of the molecule is COC[C@@H](C)NC(=O)N(C)Cc1ccc2nonc2c1. The Balaban J connectivity index is 1.95. The van der Waals surface area contributed by atoms with E-state index in [9.17, 15) is 4.79 Å². The number of urea groups is 1. The number of fused-ring (bicyclic) bond motifs is 1. The lowest BCUT2D eigenvalue weighted by molar-refractivity contribution is 0.162. The first-order chi connectivity index (χ1) is 9.60. The molecule has 0 saturated carbocycles. The van der Waals surface area contributed by atoms with Crippen LogP contribution in [0, 0.1) is 0 Å². The van der Waals surface area contributed by atoms with Gasteiger partial charge in [0.15, 0.2) is 0 Å². The van der Waals surface area contributed by atoms with Gasteiger partial charge in [0.2, 0.25) is 0 Å². The molecule has 7 heteroatoms. The van der Waals surface area contributed by atoms with Crippen LogP contribution in [0.1, 0.15) is 12.5 Å². The third kappa shape index (κ3) is 3.45. The topological polar surface area (TPSA) is 80.5 Å². The van der Waals surface area contributed by atoms with Crippen LogP contribution in [-0.4, -0.2) is 48.1 Å². The number of hydrogen-bond acceptors (Lipinski definition) is 5. The van der Waals surface area contributed by atoms with Crippen molar-refractivity contribution in [1.82, 2.24) is 20.5 Å². The van der Waals surface area contributed by atoms with E-state index in [-0.39, 0.29) is 12.1 Å². The maximum Gasteiger partial charge on any atom is 0.317 e. The van der Waals surface area contributed by atoms with Crippen molar-refractivity contribution >= 4 is 17.1 Å². The molecule has 2 amide bonds. The number of hydrogen-bond donors (Lipinski definition) is 1. The normalized spacial score (nSPS) is 12.3. The molecular formula is C13H18N4O3. The van der Waals surface area contributed by atoms with Crippen molar-refractivity contribution in [3.8, 4) is 0 Å². The largest absolute Gasteiger partial charge is 0.383 e. The van der Waals surface area contributed by atoms with Crippen LogP contribution >= 0.6 is 0 Å². The zero-order chi connectivity index (χ0) is 14.5. The lowest BCUT2D eigenvalue weighted by Gasteiger charge is -2.21. The number of nitrogens with one attached hydrogen (secondary N) is 1. The Kier molecular flexibility index (Phi) is 4.52. The number of nitrogens with zero attached hydrogens (tertiary/aromatic N) is 3. The van der Waals surface area contributed by atoms with Gasteiger partial charge < -0.3 is 15.0 Å². The molecule has 0 unspecified atom stereocenters. The Bertz CT molecular complexity index is 584. The van der Waals surface area contributed by atoms with E-state index in [4.69, 9.17) is 4.74 Å². The standard InChI is InChI=1S/C13H18N4O3/c1-9(8-19-3)14-13(18)17(2)7-10-4-5-11-12(6-10)16-20-15-11/h4-6,9H,7-8H2,1-3H3,(H,14,18)/t9-/m1/s1. The minimum Gasteiger partial charge on any atom is -0.383 e. The zero-order valence-corrected chi connectivity index (χ0v) is 11.8. The first kappa shape index (κ1) is 14.3. The third-order valence-corrected chi connectivity index (χ3v) is 2.87. The number of methoxy groups -OCH3 is 1. The first-order valence-electron chi connectivity index (χ1n) is 6.32. The van der Waals surface area contributed by atoms with Crippen LogP contribution in [0.3, 0.4) is 0 Å². The van der Waals surface area contributed by atoms with Crippen molar-refractivity contribution < 1.29 is 14.2 Å². The number of carbonyl (C=O) groups is 1. The Morgan fingerprint density at radius 3 is 2.95 bits per heavy atom. The van der Waals surface area contributed by atoms with Crippen molar-refractivity contribution in [3.63, 3.8) is 0 Å². The smallest absolute Gasteiger partial charge is 0.317 e. The summed E-state index contributed by atoms with van der Waals surface area (Å²) in [4.78, 5) is 13.6. The van der Waals surface area contributed by atoms with Crippen LogP contribution in [0.15, 0.2) is 22.8 Å². The molecule has 1 heterocycles. The van der Waals surface area contributed by atoms with Gasteiger partial charge in [-0.1, -0.05) is 6.07 Å². The summed E-state index contributed by atoms with van der Waals surface area (Å²) in [7, 11) is 3.34. The van der Waals surface area contributed by atoms with E-state index >= 15 is 0 Å². The van der Waals surface area contributed by atoms with Gasteiger partial charge in [0.05, 0.1) is 12.6 Å². The molecule has 7 nitrogen and oxygen atoms in total. The van der Waals surface area contributed by atoms with Crippen LogP contribution in [0.4, 0.5) is 4.79 Å². The Morgan fingerprint density at radius 2 is 2.20 bits per heavy atom. The van der Waals surface area contributed by atoms with Crippen molar-refractivity contribution in [1.29, 1.82) is 0 Å². The molecule has 20 heavy (non-hydrogen) atoms. The van der Waals surface area contributed by atoms with Crippen LogP contribution in [-0.2, 0) is 11.3 Å². The molecule has 0 aliphatic heterocycles. The summed E-state index contributed by atoms with van der Waals surface area (Å²) >= 11 is 0. The highest BCUT2D eigenvalue weighted by Crippen LogP contribution is 2.13. The molecule has 1 N–H and O–H groups in total. The van der Waals surface area contributed by atoms with Crippen molar-refractivity contribution in [2.75, 3.05) is 20.8 Å². The van der Waals surface area contributed by atoms with Gasteiger partial charge >= 0.3 is 6.03 Å². The molecule has 1 aromatic heterocycles. The van der Waals surface area contributed by atoms with Gasteiger partial charge in [-0.05, 0) is 34.9 Å². The number of aromatic nitrogens is 2. The Hall–Kier alpha value is -2.15. The molecule has 0 bridgehead atoms. The number of benzene rings is 1.